The normalized spacial score (nSPS) is 13.5. The number of fused-ring (bicyclic) bond motifs is 11. The van der Waals surface area contributed by atoms with Gasteiger partial charge in [-0.05, 0) is 59.0 Å². The number of aromatic nitrogens is 2. The molecule has 7 rings (SSSR count). The first-order valence-electron chi connectivity index (χ1n) is 13.5. The van der Waals surface area contributed by atoms with Crippen LogP contribution in [0.4, 0.5) is 0 Å². The maximum absolute atomic E-state index is 9.08. The van der Waals surface area contributed by atoms with Gasteiger partial charge in [0.15, 0.2) is 25.5 Å². The van der Waals surface area contributed by atoms with E-state index in [1.165, 1.54) is 55.2 Å². The lowest BCUT2D eigenvalue weighted by Gasteiger charge is -2.27. The minimum absolute atomic E-state index is 0.604. The quantitative estimate of drug-likeness (QED) is 0.195. The monoisotopic (exact) mass is 604 g/mol. The van der Waals surface area contributed by atoms with E-state index in [2.05, 4.69) is 96.0 Å². The van der Waals surface area contributed by atoms with E-state index < -0.39 is 20.2 Å². The Morgan fingerprint density at radius 3 is 1.29 bits per heavy atom. The molecular formula is C32H32N2O6S2. The first-order chi connectivity index (χ1) is 19.7. The standard InChI is InChI=1S/C30H26N2.2CH4O3S/c1-19-20(2)24-14-18-32-16-12-22-8-4-6-10-26(22)30(32)28(24)27-23(19)13-17-31-15-11-21-7-3-5-9-25(21)29(27)31;2*1-5(2,3)4/h3-12,15-16H,13-14,17-18H2,1-2H3;2*1H3,(H,2,3,4)/q+2;;/p-2. The van der Waals surface area contributed by atoms with Crippen LogP contribution in [0.5, 0.6) is 0 Å². The molecule has 0 saturated heterocycles. The summed E-state index contributed by atoms with van der Waals surface area (Å²) in [4.78, 5) is 0. The zero-order chi connectivity index (χ0) is 30.4. The van der Waals surface area contributed by atoms with Gasteiger partial charge in [-0.15, -0.1) is 0 Å². The molecule has 10 heteroatoms. The van der Waals surface area contributed by atoms with Crippen molar-refractivity contribution in [2.45, 2.75) is 39.8 Å². The highest BCUT2D eigenvalue weighted by Crippen LogP contribution is 2.46. The largest absolute Gasteiger partial charge is 0.748 e. The molecule has 0 N–H and O–H groups in total. The lowest BCUT2D eigenvalue weighted by molar-refractivity contribution is -0.688. The number of nitrogens with zero attached hydrogens (tertiary/aromatic N) is 2. The summed E-state index contributed by atoms with van der Waals surface area (Å²) in [6.45, 7) is 6.78. The highest BCUT2D eigenvalue weighted by Gasteiger charge is 2.37. The minimum atomic E-state index is -3.92. The number of hydrogen-bond donors (Lipinski definition) is 0. The summed E-state index contributed by atoms with van der Waals surface area (Å²) >= 11 is 0. The molecule has 0 amide bonds. The Bertz CT molecular complexity index is 1920. The summed E-state index contributed by atoms with van der Waals surface area (Å²) < 4.78 is 59.4. The van der Waals surface area contributed by atoms with Crippen molar-refractivity contribution in [3.8, 4) is 22.5 Å². The van der Waals surface area contributed by atoms with E-state index in [1.54, 1.807) is 11.1 Å². The smallest absolute Gasteiger partial charge is 0.221 e. The fraction of sp³-hybridized carbons (Fsp3) is 0.250. The van der Waals surface area contributed by atoms with E-state index in [1.807, 2.05) is 0 Å². The first kappa shape index (κ1) is 29.8. The van der Waals surface area contributed by atoms with E-state index in [0.29, 0.717) is 12.5 Å². The van der Waals surface area contributed by atoms with Crippen LogP contribution in [0.2, 0.25) is 0 Å². The third-order valence-corrected chi connectivity index (χ3v) is 7.87. The fourth-order valence-corrected chi connectivity index (χ4v) is 6.19. The molecular weight excluding hydrogens is 572 g/mol. The molecule has 4 heterocycles. The Labute approximate surface area is 246 Å². The summed E-state index contributed by atoms with van der Waals surface area (Å²) in [6, 6.07) is 22.3. The minimum Gasteiger partial charge on any atom is -0.748 e. The molecule has 0 saturated carbocycles. The van der Waals surface area contributed by atoms with E-state index in [4.69, 9.17) is 25.9 Å². The highest BCUT2D eigenvalue weighted by atomic mass is 32.2. The van der Waals surface area contributed by atoms with Crippen LogP contribution in [0.15, 0.2) is 73.1 Å². The molecule has 0 unspecified atom stereocenters. The number of pyridine rings is 2. The first-order valence-corrected chi connectivity index (χ1v) is 17.2. The molecule has 218 valence electrons. The van der Waals surface area contributed by atoms with E-state index in [9.17, 15) is 0 Å². The second-order valence-electron chi connectivity index (χ2n) is 10.8. The van der Waals surface area contributed by atoms with Crippen LogP contribution >= 0.6 is 0 Å². The van der Waals surface area contributed by atoms with Crippen molar-refractivity contribution in [1.29, 1.82) is 0 Å². The summed E-state index contributed by atoms with van der Waals surface area (Å²) in [5.41, 5.74) is 11.8. The molecule has 0 aliphatic carbocycles. The van der Waals surface area contributed by atoms with Crippen molar-refractivity contribution in [2.75, 3.05) is 12.5 Å². The van der Waals surface area contributed by atoms with Crippen molar-refractivity contribution >= 4 is 41.8 Å². The molecule has 42 heavy (non-hydrogen) atoms. The lowest BCUT2D eigenvalue weighted by Crippen LogP contribution is -2.43. The van der Waals surface area contributed by atoms with Crippen LogP contribution in [0.3, 0.4) is 0 Å². The Morgan fingerprint density at radius 1 is 0.595 bits per heavy atom. The zero-order valence-electron chi connectivity index (χ0n) is 23.9. The average Bonchev–Trinajstić information content (AvgIpc) is 2.92. The SMILES string of the molecule is CS(=O)(=O)[O-].CS(=O)(=O)[O-].Cc1c(C)c2c(c3c1CC[n+]1ccc4ccccc4c1-3)-c1c3ccccc3cc[n+]1CC2. The summed E-state index contributed by atoms with van der Waals surface area (Å²) in [7, 11) is -7.83. The van der Waals surface area contributed by atoms with Crippen molar-refractivity contribution < 1.29 is 35.1 Å². The number of hydrogen-bond acceptors (Lipinski definition) is 6. The molecule has 0 radical (unpaired) electrons. The van der Waals surface area contributed by atoms with Gasteiger partial charge in [0.1, 0.15) is 0 Å². The van der Waals surface area contributed by atoms with Gasteiger partial charge in [0.2, 0.25) is 11.4 Å². The Balaban J connectivity index is 0.000000308. The van der Waals surface area contributed by atoms with E-state index in [0.717, 1.165) is 25.9 Å². The zero-order valence-corrected chi connectivity index (χ0v) is 25.6. The summed E-state index contributed by atoms with van der Waals surface area (Å²) in [5.74, 6) is 0. The second kappa shape index (κ2) is 11.2. The van der Waals surface area contributed by atoms with Gasteiger partial charge in [-0.25, -0.2) is 16.8 Å². The Morgan fingerprint density at radius 2 is 0.929 bits per heavy atom. The third kappa shape index (κ3) is 6.07. The number of rotatable bonds is 0. The van der Waals surface area contributed by atoms with Crippen LogP contribution in [0.1, 0.15) is 22.3 Å². The molecule has 2 aliphatic heterocycles. The molecule has 8 nitrogen and oxygen atoms in total. The fourth-order valence-electron chi connectivity index (χ4n) is 6.19. The van der Waals surface area contributed by atoms with Crippen LogP contribution < -0.4 is 9.13 Å². The maximum atomic E-state index is 9.08. The molecule has 2 aromatic heterocycles. The van der Waals surface area contributed by atoms with Crippen molar-refractivity contribution in [3.05, 3.63) is 95.3 Å². The van der Waals surface area contributed by atoms with Crippen LogP contribution in [0.25, 0.3) is 44.1 Å². The Kier molecular flexibility index (Phi) is 7.93. The van der Waals surface area contributed by atoms with Gasteiger partial charge in [0.05, 0.1) is 42.1 Å². The van der Waals surface area contributed by atoms with Gasteiger partial charge < -0.3 is 9.11 Å². The summed E-state index contributed by atoms with van der Waals surface area (Å²) in [5, 5.41) is 5.36. The van der Waals surface area contributed by atoms with E-state index >= 15 is 0 Å². The van der Waals surface area contributed by atoms with Gasteiger partial charge in [-0.3, -0.25) is 0 Å². The van der Waals surface area contributed by atoms with Crippen molar-refractivity contribution in [1.82, 2.24) is 0 Å². The van der Waals surface area contributed by atoms with Gasteiger partial charge in [0.25, 0.3) is 0 Å². The average molecular weight is 605 g/mol. The van der Waals surface area contributed by atoms with Gasteiger partial charge in [-0.2, -0.15) is 9.13 Å². The maximum Gasteiger partial charge on any atom is 0.221 e. The van der Waals surface area contributed by atoms with Gasteiger partial charge in [-0.1, -0.05) is 36.4 Å². The molecule has 0 fully saturated rings. The molecule has 2 aliphatic rings. The van der Waals surface area contributed by atoms with Gasteiger partial charge in [0, 0.05) is 37.5 Å². The molecule has 0 spiro atoms. The molecule has 3 aromatic carbocycles. The Hall–Kier alpha value is -3.70. The van der Waals surface area contributed by atoms with Crippen LogP contribution in [-0.2, 0) is 46.2 Å². The van der Waals surface area contributed by atoms with Crippen LogP contribution in [0, 0.1) is 13.8 Å². The van der Waals surface area contributed by atoms with Gasteiger partial charge >= 0.3 is 0 Å². The number of aryl methyl sites for hydroxylation is 2. The molecule has 0 bridgehead atoms. The molecule has 0 atom stereocenters. The lowest BCUT2D eigenvalue weighted by atomic mass is 9.78. The summed E-state index contributed by atoms with van der Waals surface area (Å²) in [6.07, 6.45) is 7.98. The predicted octanol–water partition coefficient (Wildman–Crippen LogP) is 3.95. The second-order valence-corrected chi connectivity index (χ2v) is 13.6. The topological polar surface area (TPSA) is 122 Å². The van der Waals surface area contributed by atoms with Crippen molar-refractivity contribution in [2.24, 2.45) is 0 Å². The van der Waals surface area contributed by atoms with Crippen LogP contribution in [-0.4, -0.2) is 38.5 Å². The van der Waals surface area contributed by atoms with Crippen molar-refractivity contribution in [3.63, 3.8) is 0 Å². The number of benzene rings is 3. The predicted molar refractivity (Wildman–Crippen MR) is 161 cm³/mol. The third-order valence-electron chi connectivity index (χ3n) is 7.87. The molecule has 5 aromatic rings. The van der Waals surface area contributed by atoms with E-state index in [-0.39, 0.29) is 0 Å². The highest BCUT2D eigenvalue weighted by molar-refractivity contribution is 7.85.